The van der Waals surface area contributed by atoms with Crippen molar-refractivity contribution in [3.63, 3.8) is 0 Å². The Morgan fingerprint density at radius 2 is 2.19 bits per heavy atom. The van der Waals surface area contributed by atoms with Crippen molar-refractivity contribution in [2.24, 2.45) is 4.99 Å². The Bertz CT molecular complexity index is 940. The first-order chi connectivity index (χ1) is 12.4. The molecular weight excluding hydrogens is 415 g/mol. The number of carbonyl (C=O) groups excluding carboxylic acids is 2. The number of thiazole rings is 1. The first-order valence-corrected chi connectivity index (χ1v) is 9.72. The van der Waals surface area contributed by atoms with Gasteiger partial charge in [0.2, 0.25) is 5.91 Å². The highest BCUT2D eigenvalue weighted by Crippen LogP contribution is 2.29. The van der Waals surface area contributed by atoms with Gasteiger partial charge in [-0.15, -0.1) is 0 Å². The fraction of sp³-hybridized carbons (Fsp3) is 0.125. The van der Waals surface area contributed by atoms with Crippen molar-refractivity contribution in [2.75, 3.05) is 5.32 Å². The Hall–Kier alpha value is -1.87. The van der Waals surface area contributed by atoms with E-state index in [9.17, 15) is 9.59 Å². The summed E-state index contributed by atoms with van der Waals surface area (Å²) in [5.74, 6) is -0.416. The van der Waals surface area contributed by atoms with Gasteiger partial charge in [-0.25, -0.2) is 4.98 Å². The summed E-state index contributed by atoms with van der Waals surface area (Å²) in [5.41, 5.74) is 0.890. The van der Waals surface area contributed by atoms with Crippen molar-refractivity contribution in [2.45, 2.75) is 13.5 Å². The van der Waals surface area contributed by atoms with Crippen molar-refractivity contribution in [1.29, 1.82) is 0 Å². The summed E-state index contributed by atoms with van der Waals surface area (Å²) < 4.78 is 0. The molecule has 0 radical (unpaired) electrons. The molecule has 134 valence electrons. The number of halogens is 2. The molecule has 1 aromatic carbocycles. The monoisotopic (exact) mass is 426 g/mol. The number of hydrogen-bond acceptors (Lipinski definition) is 6. The minimum Gasteiger partial charge on any atom is -0.302 e. The normalized spacial score (nSPS) is 17.0. The van der Waals surface area contributed by atoms with Crippen LogP contribution in [0.4, 0.5) is 5.13 Å². The van der Waals surface area contributed by atoms with Crippen molar-refractivity contribution >= 4 is 74.5 Å². The molecule has 1 aliphatic rings. The Kier molecular flexibility index (Phi) is 5.98. The maximum Gasteiger partial charge on any atom is 0.264 e. The lowest BCUT2D eigenvalue weighted by Crippen LogP contribution is -2.19. The van der Waals surface area contributed by atoms with Gasteiger partial charge in [-0.2, -0.15) is 0 Å². The number of amides is 2. The summed E-state index contributed by atoms with van der Waals surface area (Å²) in [7, 11) is 0. The van der Waals surface area contributed by atoms with E-state index < -0.39 is 0 Å². The molecule has 1 aromatic heterocycles. The second kappa shape index (κ2) is 8.22. The fourth-order valence-electron chi connectivity index (χ4n) is 1.99. The van der Waals surface area contributed by atoms with Crippen LogP contribution in [0.1, 0.15) is 17.4 Å². The number of amidine groups is 1. The Labute approximate surface area is 167 Å². The van der Waals surface area contributed by atoms with E-state index in [-0.39, 0.29) is 11.8 Å². The van der Waals surface area contributed by atoms with Gasteiger partial charge in [0.25, 0.3) is 5.91 Å². The molecule has 10 heteroatoms. The minimum atomic E-state index is -0.225. The van der Waals surface area contributed by atoms with E-state index in [4.69, 9.17) is 23.2 Å². The molecule has 2 amide bonds. The molecule has 1 aliphatic heterocycles. The highest BCUT2D eigenvalue weighted by molar-refractivity contribution is 8.18. The summed E-state index contributed by atoms with van der Waals surface area (Å²) in [6.07, 6.45) is 3.31. The molecule has 0 bridgehead atoms. The first-order valence-electron chi connectivity index (χ1n) is 7.33. The van der Waals surface area contributed by atoms with Crippen LogP contribution in [0.25, 0.3) is 6.08 Å². The molecule has 1 fully saturated rings. The Balaban J connectivity index is 1.68. The van der Waals surface area contributed by atoms with Gasteiger partial charge in [-0.05, 0) is 35.5 Å². The third-order valence-electron chi connectivity index (χ3n) is 3.12. The van der Waals surface area contributed by atoms with Gasteiger partial charge in [-0.3, -0.25) is 14.6 Å². The zero-order valence-corrected chi connectivity index (χ0v) is 16.5. The lowest BCUT2D eigenvalue weighted by atomic mass is 10.2. The number of benzene rings is 1. The van der Waals surface area contributed by atoms with Crippen LogP contribution < -0.4 is 10.6 Å². The number of rotatable bonds is 4. The average molecular weight is 427 g/mol. The van der Waals surface area contributed by atoms with Crippen molar-refractivity contribution in [3.05, 3.63) is 49.8 Å². The summed E-state index contributed by atoms with van der Waals surface area (Å²) in [4.78, 5) is 32.8. The van der Waals surface area contributed by atoms with E-state index in [1.165, 1.54) is 30.0 Å². The first kappa shape index (κ1) is 18.9. The quantitative estimate of drug-likeness (QED) is 0.718. The summed E-state index contributed by atoms with van der Waals surface area (Å²) in [6, 6.07) is 5.28. The van der Waals surface area contributed by atoms with Crippen LogP contribution in [0.5, 0.6) is 0 Å². The summed E-state index contributed by atoms with van der Waals surface area (Å²) >= 11 is 14.4. The molecule has 6 nitrogen and oxygen atoms in total. The number of carbonyl (C=O) groups is 2. The summed E-state index contributed by atoms with van der Waals surface area (Å²) in [5, 5.41) is 7.28. The van der Waals surface area contributed by atoms with Crippen molar-refractivity contribution in [1.82, 2.24) is 10.3 Å². The fourth-order valence-corrected chi connectivity index (χ4v) is 4.01. The number of thioether (sulfide) groups is 1. The van der Waals surface area contributed by atoms with Gasteiger partial charge in [0.1, 0.15) is 0 Å². The standard InChI is InChI=1S/C16H12Cl2N4O2S2/c1-8(23)21-15-20-7-10(25-15)5-13-14(24)22-16(26-13)19-6-9-2-3-11(17)12(18)4-9/h2-5,7H,6H2,1H3,(H,19,22,24)(H,20,21,23). The molecule has 2 aromatic rings. The number of anilines is 1. The molecule has 2 N–H and O–H groups in total. The van der Waals surface area contributed by atoms with Crippen LogP contribution in [0.2, 0.25) is 10.0 Å². The topological polar surface area (TPSA) is 83.4 Å². The largest absolute Gasteiger partial charge is 0.302 e. The van der Waals surface area contributed by atoms with Gasteiger partial charge >= 0.3 is 0 Å². The van der Waals surface area contributed by atoms with Crippen LogP contribution in [0.3, 0.4) is 0 Å². The van der Waals surface area contributed by atoms with Crippen molar-refractivity contribution < 1.29 is 9.59 Å². The molecule has 0 atom stereocenters. The number of nitrogens with zero attached hydrogens (tertiary/aromatic N) is 2. The van der Waals surface area contributed by atoms with E-state index in [1.54, 1.807) is 24.4 Å². The van der Waals surface area contributed by atoms with E-state index in [2.05, 4.69) is 20.6 Å². The second-order valence-electron chi connectivity index (χ2n) is 5.18. The number of nitrogens with one attached hydrogen (secondary N) is 2. The lowest BCUT2D eigenvalue weighted by Gasteiger charge is -2.00. The highest BCUT2D eigenvalue weighted by Gasteiger charge is 2.23. The predicted molar refractivity (Wildman–Crippen MR) is 108 cm³/mol. The second-order valence-corrected chi connectivity index (χ2v) is 8.09. The molecule has 1 saturated heterocycles. The minimum absolute atomic E-state index is 0.191. The van der Waals surface area contributed by atoms with Crippen molar-refractivity contribution in [3.8, 4) is 0 Å². The van der Waals surface area contributed by atoms with Crippen LogP contribution in [-0.2, 0) is 16.1 Å². The Morgan fingerprint density at radius 1 is 1.38 bits per heavy atom. The van der Waals surface area contributed by atoms with Gasteiger partial charge in [0.05, 0.1) is 26.4 Å². The number of aliphatic imine (C=N–C) groups is 1. The molecular formula is C16H12Cl2N4O2S2. The molecule has 0 aliphatic carbocycles. The van der Waals surface area contributed by atoms with Crippen LogP contribution in [0, 0.1) is 0 Å². The van der Waals surface area contributed by atoms with E-state index in [1.807, 2.05) is 6.07 Å². The van der Waals surface area contributed by atoms with E-state index in [0.29, 0.717) is 31.8 Å². The Morgan fingerprint density at radius 3 is 2.92 bits per heavy atom. The van der Waals surface area contributed by atoms with E-state index in [0.717, 1.165) is 10.4 Å². The smallest absolute Gasteiger partial charge is 0.264 e. The lowest BCUT2D eigenvalue weighted by molar-refractivity contribution is -0.115. The van der Waals surface area contributed by atoms with Gasteiger partial charge in [0, 0.05) is 13.1 Å². The van der Waals surface area contributed by atoms with Crippen LogP contribution >= 0.6 is 46.3 Å². The van der Waals surface area contributed by atoms with Gasteiger partial charge in [0.15, 0.2) is 10.3 Å². The molecule has 0 saturated carbocycles. The van der Waals surface area contributed by atoms with E-state index >= 15 is 0 Å². The zero-order valence-electron chi connectivity index (χ0n) is 13.4. The average Bonchev–Trinajstić information content (AvgIpc) is 3.15. The highest BCUT2D eigenvalue weighted by atomic mass is 35.5. The maximum absolute atomic E-state index is 12.1. The third-order valence-corrected chi connectivity index (χ3v) is 5.67. The van der Waals surface area contributed by atoms with Gasteiger partial charge < -0.3 is 10.6 Å². The molecule has 3 rings (SSSR count). The zero-order chi connectivity index (χ0) is 18.7. The third kappa shape index (κ3) is 4.85. The molecule has 0 unspecified atom stereocenters. The van der Waals surface area contributed by atoms with Crippen LogP contribution in [0.15, 0.2) is 34.3 Å². The number of aromatic nitrogens is 1. The predicted octanol–water partition coefficient (Wildman–Crippen LogP) is 4.17. The van der Waals surface area contributed by atoms with Gasteiger partial charge in [-0.1, -0.05) is 40.6 Å². The number of hydrogen-bond donors (Lipinski definition) is 2. The molecule has 26 heavy (non-hydrogen) atoms. The SMILES string of the molecule is CC(=O)Nc1ncc(C=C2SC(=NCc3ccc(Cl)c(Cl)c3)NC2=O)s1. The molecule has 2 heterocycles. The maximum atomic E-state index is 12.1. The molecule has 0 spiro atoms. The summed E-state index contributed by atoms with van der Waals surface area (Å²) in [6.45, 7) is 1.79. The van der Waals surface area contributed by atoms with Crippen LogP contribution in [-0.4, -0.2) is 22.0 Å².